The molecule has 0 radical (unpaired) electrons. The maximum absolute atomic E-state index is 11.4. The van der Waals surface area contributed by atoms with Crippen LogP contribution in [-0.2, 0) is 25.5 Å². The zero-order chi connectivity index (χ0) is 13.5. The summed E-state index contributed by atoms with van der Waals surface area (Å²) < 4.78 is 9.14. The Morgan fingerprint density at radius 1 is 1.11 bits per heavy atom. The van der Waals surface area contributed by atoms with Gasteiger partial charge in [-0.05, 0) is 24.6 Å². The molecular weight excluding hydrogens is 236 g/mol. The molecule has 0 aliphatic carbocycles. The molecule has 96 valence electrons. The van der Waals surface area contributed by atoms with Crippen molar-refractivity contribution >= 4 is 17.7 Å². The van der Waals surface area contributed by atoms with E-state index < -0.39 is 17.7 Å². The lowest BCUT2D eigenvalue weighted by Gasteiger charge is -2.03. The Hall–Kier alpha value is -2.17. The number of ketones is 1. The number of hydrogen-bond donors (Lipinski definition) is 0. The largest absolute Gasteiger partial charge is 0.465 e. The third-order valence-electron chi connectivity index (χ3n) is 2.24. The molecule has 1 aromatic rings. The summed E-state index contributed by atoms with van der Waals surface area (Å²) in [5, 5.41) is 0. The predicted octanol–water partition coefficient (Wildman–Crippen LogP) is 1.15. The molecular formula is C13H14O5. The van der Waals surface area contributed by atoms with Crippen molar-refractivity contribution in [2.24, 2.45) is 0 Å². The van der Waals surface area contributed by atoms with Crippen LogP contribution in [0.1, 0.15) is 22.8 Å². The van der Waals surface area contributed by atoms with E-state index in [4.69, 9.17) is 0 Å². The van der Waals surface area contributed by atoms with Crippen LogP contribution in [0.15, 0.2) is 24.3 Å². The second kappa shape index (κ2) is 6.54. The Morgan fingerprint density at radius 3 is 2.22 bits per heavy atom. The molecule has 18 heavy (non-hydrogen) atoms. The molecule has 0 saturated heterocycles. The van der Waals surface area contributed by atoms with Gasteiger partial charge >= 0.3 is 11.9 Å². The highest BCUT2D eigenvalue weighted by molar-refractivity contribution is 6.34. The minimum absolute atomic E-state index is 0.0414. The zero-order valence-electron chi connectivity index (χ0n) is 10.3. The molecule has 0 spiro atoms. The maximum atomic E-state index is 11.4. The smallest absolute Gasteiger partial charge is 0.374 e. The fourth-order valence-corrected chi connectivity index (χ4v) is 1.35. The fraction of sp³-hybridized carbons (Fsp3) is 0.308. The van der Waals surface area contributed by atoms with Crippen LogP contribution in [0.25, 0.3) is 0 Å². The van der Waals surface area contributed by atoms with E-state index in [1.807, 2.05) is 0 Å². The van der Waals surface area contributed by atoms with Crippen molar-refractivity contribution in [2.45, 2.75) is 13.3 Å². The lowest BCUT2D eigenvalue weighted by molar-refractivity contribution is -0.153. The minimum Gasteiger partial charge on any atom is -0.465 e. The van der Waals surface area contributed by atoms with Crippen molar-refractivity contribution in [3.05, 3.63) is 35.4 Å². The van der Waals surface area contributed by atoms with Gasteiger partial charge in [0.25, 0.3) is 0 Å². The Balaban J connectivity index is 2.66. The van der Waals surface area contributed by atoms with Crippen LogP contribution >= 0.6 is 0 Å². The normalized spacial score (nSPS) is 9.67. The van der Waals surface area contributed by atoms with Crippen molar-refractivity contribution in [3.63, 3.8) is 0 Å². The standard InChI is InChI=1S/C13H14O5/c1-3-18-13(16)11(14)8-9-4-6-10(7-5-9)12(15)17-2/h4-7H,3,8H2,1-2H3. The first-order valence-corrected chi connectivity index (χ1v) is 5.45. The van der Waals surface area contributed by atoms with Crippen molar-refractivity contribution in [2.75, 3.05) is 13.7 Å². The molecule has 0 unspecified atom stereocenters. The van der Waals surface area contributed by atoms with Gasteiger partial charge in [-0.15, -0.1) is 0 Å². The number of Topliss-reactive ketones (excluding diaryl/α,β-unsaturated/α-hetero) is 1. The first-order valence-electron chi connectivity index (χ1n) is 5.45. The average Bonchev–Trinajstić information content (AvgIpc) is 2.39. The summed E-state index contributed by atoms with van der Waals surface area (Å²) in [6.45, 7) is 1.81. The molecule has 0 aromatic heterocycles. The zero-order valence-corrected chi connectivity index (χ0v) is 10.3. The summed E-state index contributed by atoms with van der Waals surface area (Å²) >= 11 is 0. The molecule has 0 atom stereocenters. The van der Waals surface area contributed by atoms with Gasteiger partial charge in [-0.25, -0.2) is 9.59 Å². The van der Waals surface area contributed by atoms with E-state index in [-0.39, 0.29) is 13.0 Å². The summed E-state index contributed by atoms with van der Waals surface area (Å²) in [5.41, 5.74) is 1.03. The first kappa shape index (κ1) is 13.9. The van der Waals surface area contributed by atoms with Crippen LogP contribution in [0.2, 0.25) is 0 Å². The van der Waals surface area contributed by atoms with Gasteiger partial charge in [-0.2, -0.15) is 0 Å². The Morgan fingerprint density at radius 2 is 1.72 bits per heavy atom. The molecule has 0 aliphatic rings. The number of esters is 2. The number of carbonyl (C=O) groups excluding carboxylic acids is 3. The predicted molar refractivity (Wildman–Crippen MR) is 63.1 cm³/mol. The molecule has 0 amide bonds. The summed E-state index contributed by atoms with van der Waals surface area (Å²) in [5.74, 6) is -1.89. The van der Waals surface area contributed by atoms with E-state index in [0.717, 1.165) is 0 Å². The molecule has 0 saturated carbocycles. The van der Waals surface area contributed by atoms with Gasteiger partial charge in [-0.3, -0.25) is 4.79 Å². The van der Waals surface area contributed by atoms with Crippen LogP contribution in [0.5, 0.6) is 0 Å². The van der Waals surface area contributed by atoms with Gasteiger partial charge < -0.3 is 9.47 Å². The van der Waals surface area contributed by atoms with Gasteiger partial charge in [0.05, 0.1) is 19.3 Å². The third-order valence-corrected chi connectivity index (χ3v) is 2.24. The Labute approximate surface area is 105 Å². The molecule has 0 bridgehead atoms. The van der Waals surface area contributed by atoms with Crippen molar-refractivity contribution in [1.82, 2.24) is 0 Å². The minimum atomic E-state index is -0.838. The number of methoxy groups -OCH3 is 1. The number of benzene rings is 1. The molecule has 0 fully saturated rings. The van der Waals surface area contributed by atoms with Gasteiger partial charge in [0.1, 0.15) is 0 Å². The summed E-state index contributed by atoms with van der Waals surface area (Å²) in [6.07, 6.45) is -0.0414. The van der Waals surface area contributed by atoms with Crippen molar-refractivity contribution in [1.29, 1.82) is 0 Å². The monoisotopic (exact) mass is 250 g/mol. The fourth-order valence-electron chi connectivity index (χ4n) is 1.35. The van der Waals surface area contributed by atoms with Crippen LogP contribution in [0, 0.1) is 0 Å². The van der Waals surface area contributed by atoms with Gasteiger partial charge in [0.15, 0.2) is 0 Å². The van der Waals surface area contributed by atoms with Crippen molar-refractivity contribution < 1.29 is 23.9 Å². The van der Waals surface area contributed by atoms with E-state index in [1.165, 1.54) is 7.11 Å². The van der Waals surface area contributed by atoms with Gasteiger partial charge in [0.2, 0.25) is 5.78 Å². The topological polar surface area (TPSA) is 69.7 Å². The summed E-state index contributed by atoms with van der Waals surface area (Å²) in [6, 6.07) is 6.28. The van der Waals surface area contributed by atoms with E-state index in [1.54, 1.807) is 31.2 Å². The molecule has 0 aliphatic heterocycles. The molecule has 0 N–H and O–H groups in total. The summed E-state index contributed by atoms with van der Waals surface area (Å²) in [4.78, 5) is 33.7. The highest BCUT2D eigenvalue weighted by Gasteiger charge is 2.15. The first-order chi connectivity index (χ1) is 8.58. The second-order valence-electron chi connectivity index (χ2n) is 3.51. The quantitative estimate of drug-likeness (QED) is 0.579. The maximum Gasteiger partial charge on any atom is 0.374 e. The van der Waals surface area contributed by atoms with E-state index in [2.05, 4.69) is 9.47 Å². The molecule has 5 nitrogen and oxygen atoms in total. The summed E-state index contributed by atoms with van der Waals surface area (Å²) in [7, 11) is 1.29. The van der Waals surface area contributed by atoms with Gasteiger partial charge in [-0.1, -0.05) is 12.1 Å². The van der Waals surface area contributed by atoms with Crippen LogP contribution < -0.4 is 0 Å². The number of hydrogen-bond acceptors (Lipinski definition) is 5. The molecule has 1 aromatic carbocycles. The van der Waals surface area contributed by atoms with Crippen LogP contribution in [-0.4, -0.2) is 31.4 Å². The third kappa shape index (κ3) is 3.69. The Bertz CT molecular complexity index is 447. The van der Waals surface area contributed by atoms with Crippen LogP contribution in [0.3, 0.4) is 0 Å². The second-order valence-corrected chi connectivity index (χ2v) is 3.51. The Kier molecular flexibility index (Phi) is 5.05. The number of ether oxygens (including phenoxy) is 2. The molecule has 1 rings (SSSR count). The van der Waals surface area contributed by atoms with Crippen molar-refractivity contribution in [3.8, 4) is 0 Å². The lowest BCUT2D eigenvalue weighted by Crippen LogP contribution is -2.19. The lowest BCUT2D eigenvalue weighted by atomic mass is 10.1. The molecule has 5 heteroatoms. The number of carbonyl (C=O) groups is 3. The average molecular weight is 250 g/mol. The van der Waals surface area contributed by atoms with E-state index in [0.29, 0.717) is 11.1 Å². The van der Waals surface area contributed by atoms with Crippen LogP contribution in [0.4, 0.5) is 0 Å². The SMILES string of the molecule is CCOC(=O)C(=O)Cc1ccc(C(=O)OC)cc1. The number of rotatable bonds is 5. The highest BCUT2D eigenvalue weighted by Crippen LogP contribution is 2.07. The highest BCUT2D eigenvalue weighted by atomic mass is 16.5. The molecule has 0 heterocycles. The van der Waals surface area contributed by atoms with Gasteiger partial charge in [0, 0.05) is 6.42 Å². The van der Waals surface area contributed by atoms with E-state index in [9.17, 15) is 14.4 Å². The van der Waals surface area contributed by atoms with E-state index >= 15 is 0 Å².